The number of hydrogen-bond donors (Lipinski definition) is 1. The molecule has 174 valence electrons. The number of fused-ring (bicyclic) bond motifs is 3. The summed E-state index contributed by atoms with van der Waals surface area (Å²) >= 11 is 0. The maximum atomic E-state index is 12.4. The van der Waals surface area contributed by atoms with Gasteiger partial charge in [0.15, 0.2) is 0 Å². The molecule has 0 unspecified atom stereocenters. The molecule has 1 saturated heterocycles. The highest BCUT2D eigenvalue weighted by molar-refractivity contribution is 6.56. The van der Waals surface area contributed by atoms with Gasteiger partial charge in [0, 0.05) is 22.9 Å². The molecule has 1 aliphatic rings. The number of carbonyl (C=O) groups is 1. The predicted molar refractivity (Wildman–Crippen MR) is 132 cm³/mol. The zero-order valence-electron chi connectivity index (χ0n) is 20.4. The molecule has 0 bridgehead atoms. The maximum Gasteiger partial charge on any atom is 0.492 e. The number of amides is 1. The summed E-state index contributed by atoms with van der Waals surface area (Å²) < 4.78 is 24.2. The van der Waals surface area contributed by atoms with E-state index in [1.807, 2.05) is 97.0 Å². The Morgan fingerprint density at radius 3 is 2.30 bits per heavy atom. The Labute approximate surface area is 195 Å². The molecule has 4 rings (SSSR count). The van der Waals surface area contributed by atoms with E-state index in [1.165, 1.54) is 0 Å². The first kappa shape index (κ1) is 23.4. The number of carbonyl (C=O) groups excluding carboxylic acids is 1. The Balaban J connectivity index is 1.72. The van der Waals surface area contributed by atoms with Crippen molar-refractivity contribution in [1.82, 2.24) is 5.32 Å². The minimum absolute atomic E-state index is 0.211. The van der Waals surface area contributed by atoms with Crippen molar-refractivity contribution < 1.29 is 23.3 Å². The Hall–Kier alpha value is -2.77. The Morgan fingerprint density at radius 2 is 1.64 bits per heavy atom. The average molecular weight is 449 g/mol. The van der Waals surface area contributed by atoms with Gasteiger partial charge < -0.3 is 23.8 Å². The molecule has 0 aliphatic carbocycles. The van der Waals surface area contributed by atoms with Crippen LogP contribution >= 0.6 is 0 Å². The molecule has 2 aromatic carbocycles. The molecule has 0 atom stereocenters. The van der Waals surface area contributed by atoms with Gasteiger partial charge in [-0.25, -0.2) is 4.79 Å². The first-order valence-electron chi connectivity index (χ1n) is 11.3. The number of furan rings is 1. The van der Waals surface area contributed by atoms with Gasteiger partial charge in [-0.15, -0.1) is 0 Å². The number of hydrogen-bond acceptors (Lipinski definition) is 5. The summed E-state index contributed by atoms with van der Waals surface area (Å²) in [5.74, 6) is 0. The lowest BCUT2D eigenvalue weighted by Gasteiger charge is -2.32. The number of alkyl carbamates (subject to hydrolysis) is 1. The van der Waals surface area contributed by atoms with Crippen LogP contribution in [0.3, 0.4) is 0 Å². The van der Waals surface area contributed by atoms with E-state index in [9.17, 15) is 4.79 Å². The molecule has 1 N–H and O–H groups in total. The van der Waals surface area contributed by atoms with Crippen molar-refractivity contribution >= 4 is 41.2 Å². The smallest absolute Gasteiger partial charge is 0.455 e. The van der Waals surface area contributed by atoms with Crippen molar-refractivity contribution in [3.63, 3.8) is 0 Å². The van der Waals surface area contributed by atoms with Crippen molar-refractivity contribution in [3.05, 3.63) is 53.5 Å². The molecule has 2 heterocycles. The Bertz CT molecular complexity index is 1200. The second-order valence-corrected chi connectivity index (χ2v) is 10.5. The zero-order chi connectivity index (χ0) is 24.0. The molecule has 1 amide bonds. The highest BCUT2D eigenvalue weighted by Crippen LogP contribution is 2.39. The van der Waals surface area contributed by atoms with Gasteiger partial charge in [0.2, 0.25) is 0 Å². The summed E-state index contributed by atoms with van der Waals surface area (Å²) in [7, 11) is -0.621. The van der Waals surface area contributed by atoms with Crippen molar-refractivity contribution in [2.24, 2.45) is 0 Å². The average Bonchev–Trinajstić information content (AvgIpc) is 3.18. The van der Waals surface area contributed by atoms with Crippen LogP contribution in [0.2, 0.25) is 0 Å². The fourth-order valence-electron chi connectivity index (χ4n) is 3.77. The topological polar surface area (TPSA) is 69.9 Å². The molecule has 3 aromatic rings. The van der Waals surface area contributed by atoms with Gasteiger partial charge >= 0.3 is 13.2 Å². The first-order valence-corrected chi connectivity index (χ1v) is 11.3. The molecule has 7 heteroatoms. The molecular weight excluding hydrogens is 417 g/mol. The van der Waals surface area contributed by atoms with Crippen molar-refractivity contribution in [2.45, 2.75) is 65.3 Å². The highest BCUT2D eigenvalue weighted by Gasteiger charge is 2.52. The van der Waals surface area contributed by atoms with E-state index in [4.69, 9.17) is 18.5 Å². The minimum atomic E-state index is -0.621. The van der Waals surface area contributed by atoms with E-state index in [1.54, 1.807) is 0 Å². The van der Waals surface area contributed by atoms with Crippen LogP contribution in [-0.2, 0) is 14.0 Å². The minimum Gasteiger partial charge on any atom is -0.455 e. The summed E-state index contributed by atoms with van der Waals surface area (Å²) in [5.41, 5.74) is 1.68. The van der Waals surface area contributed by atoms with Crippen molar-refractivity contribution in [1.29, 1.82) is 0 Å². The van der Waals surface area contributed by atoms with Crippen LogP contribution in [0.15, 0.2) is 52.4 Å². The number of ether oxygens (including phenoxy) is 1. The number of benzene rings is 2. The van der Waals surface area contributed by atoms with Crippen LogP contribution < -0.4 is 5.32 Å². The van der Waals surface area contributed by atoms with Gasteiger partial charge in [-0.1, -0.05) is 42.5 Å². The van der Waals surface area contributed by atoms with Gasteiger partial charge in [-0.2, -0.15) is 0 Å². The van der Waals surface area contributed by atoms with E-state index in [0.717, 1.165) is 33.0 Å². The van der Waals surface area contributed by atoms with Crippen molar-refractivity contribution in [3.8, 4) is 0 Å². The fraction of sp³-hybridized carbons (Fsp3) is 0.423. The standard InChI is InChI=1S/C26H32BNO5/c1-24(2,3)31-23(29)28-16-18(27-32-25(4,5)26(6,7)33-27)15-17-11-10-13-20-19-12-8-9-14-21(19)30-22(17)20/h8-15H,16H2,1-7H3,(H,28,29). The lowest BCUT2D eigenvalue weighted by Crippen LogP contribution is -2.41. The van der Waals surface area contributed by atoms with Crippen LogP contribution in [0.5, 0.6) is 0 Å². The summed E-state index contributed by atoms with van der Waals surface area (Å²) in [6, 6.07) is 14.0. The van der Waals surface area contributed by atoms with Crippen LogP contribution in [0.1, 0.15) is 54.0 Å². The first-order chi connectivity index (χ1) is 15.4. The fourth-order valence-corrected chi connectivity index (χ4v) is 3.77. The lowest BCUT2D eigenvalue weighted by molar-refractivity contribution is 0.00578. The van der Waals surface area contributed by atoms with E-state index >= 15 is 0 Å². The molecule has 0 radical (unpaired) electrons. The number of rotatable bonds is 4. The third kappa shape index (κ3) is 4.80. The van der Waals surface area contributed by atoms with Gasteiger partial charge in [-0.05, 0) is 60.0 Å². The molecule has 1 aliphatic heterocycles. The summed E-state index contributed by atoms with van der Waals surface area (Å²) in [5, 5.41) is 4.94. The molecule has 6 nitrogen and oxygen atoms in total. The lowest BCUT2D eigenvalue weighted by atomic mass is 9.77. The van der Waals surface area contributed by atoms with Gasteiger partial charge in [0.1, 0.15) is 16.8 Å². The van der Waals surface area contributed by atoms with E-state index in [2.05, 4.69) is 5.32 Å². The maximum absolute atomic E-state index is 12.4. The molecule has 33 heavy (non-hydrogen) atoms. The predicted octanol–water partition coefficient (Wildman–Crippen LogP) is 6.13. The summed E-state index contributed by atoms with van der Waals surface area (Å²) in [6.45, 7) is 13.7. The van der Waals surface area contributed by atoms with E-state index < -0.39 is 30.0 Å². The summed E-state index contributed by atoms with van der Waals surface area (Å²) in [4.78, 5) is 12.4. The quantitative estimate of drug-likeness (QED) is 0.486. The van der Waals surface area contributed by atoms with Crippen LogP contribution in [-0.4, -0.2) is 36.6 Å². The molecule has 0 saturated carbocycles. The van der Waals surface area contributed by atoms with Crippen LogP contribution in [0.4, 0.5) is 4.79 Å². The Morgan fingerprint density at radius 1 is 1.00 bits per heavy atom. The van der Waals surface area contributed by atoms with E-state index in [0.29, 0.717) is 0 Å². The monoisotopic (exact) mass is 449 g/mol. The van der Waals surface area contributed by atoms with Crippen LogP contribution in [0.25, 0.3) is 28.0 Å². The molecule has 1 fully saturated rings. The van der Waals surface area contributed by atoms with Gasteiger partial charge in [0.05, 0.1) is 11.2 Å². The van der Waals surface area contributed by atoms with Crippen molar-refractivity contribution in [2.75, 3.05) is 6.54 Å². The SMILES string of the molecule is CC(C)(C)OC(=O)NCC(=Cc1cccc2c1oc1ccccc12)B1OC(C)(C)C(C)(C)O1. The van der Waals surface area contributed by atoms with Crippen LogP contribution in [0, 0.1) is 0 Å². The second kappa shape index (κ2) is 8.22. The molecular formula is C26H32BNO5. The third-order valence-electron chi connectivity index (χ3n) is 6.17. The number of nitrogens with one attached hydrogen (secondary N) is 1. The normalized spacial score (nSPS) is 18.2. The largest absolute Gasteiger partial charge is 0.492 e. The second-order valence-electron chi connectivity index (χ2n) is 10.5. The zero-order valence-corrected chi connectivity index (χ0v) is 20.4. The van der Waals surface area contributed by atoms with Gasteiger partial charge in [-0.3, -0.25) is 0 Å². The third-order valence-corrected chi connectivity index (χ3v) is 6.17. The van der Waals surface area contributed by atoms with Gasteiger partial charge in [0.25, 0.3) is 0 Å². The van der Waals surface area contributed by atoms with E-state index in [-0.39, 0.29) is 6.54 Å². The summed E-state index contributed by atoms with van der Waals surface area (Å²) in [6.07, 6.45) is 1.48. The number of para-hydroxylation sites is 2. The Kier molecular flexibility index (Phi) is 5.83. The molecule has 1 aromatic heterocycles. The molecule has 0 spiro atoms. The highest BCUT2D eigenvalue weighted by atomic mass is 16.7.